The monoisotopic (exact) mass is 362 g/mol. The van der Waals surface area contributed by atoms with Crippen LogP contribution in [0.5, 0.6) is 0 Å². The molecule has 0 radical (unpaired) electrons. The van der Waals surface area contributed by atoms with Crippen LogP contribution in [0.15, 0.2) is 49.7 Å². The molecule has 1 amide bonds. The van der Waals surface area contributed by atoms with E-state index in [1.807, 2.05) is 36.6 Å². The van der Waals surface area contributed by atoms with Gasteiger partial charge in [-0.05, 0) is 48.2 Å². The normalized spacial score (nSPS) is 11.3. The summed E-state index contributed by atoms with van der Waals surface area (Å²) in [5, 5.41) is 6.81. The number of halogens is 1. The van der Waals surface area contributed by atoms with Crippen molar-refractivity contribution in [3.05, 3.63) is 56.4 Å². The van der Waals surface area contributed by atoms with Crippen LogP contribution in [-0.2, 0) is 0 Å². The standard InChI is InChI=1S/C15H11BrN2O2S/c1-9-4-5-21-14(9)8-17-18-15(19)13-7-10-6-11(16)2-3-12(10)20-13/h2-8H,1H3,(H,18,19)/b17-8+. The fourth-order valence-corrected chi connectivity index (χ4v) is 3.01. The number of amides is 1. The van der Waals surface area contributed by atoms with Gasteiger partial charge < -0.3 is 4.42 Å². The number of aryl methyl sites for hydroxylation is 1. The molecule has 0 fully saturated rings. The van der Waals surface area contributed by atoms with Gasteiger partial charge in [0.05, 0.1) is 6.21 Å². The molecule has 0 aliphatic rings. The number of rotatable bonds is 3. The van der Waals surface area contributed by atoms with Crippen LogP contribution in [0, 0.1) is 6.92 Å². The molecule has 4 nitrogen and oxygen atoms in total. The van der Waals surface area contributed by atoms with E-state index in [-0.39, 0.29) is 11.7 Å². The van der Waals surface area contributed by atoms with E-state index in [2.05, 4.69) is 26.5 Å². The van der Waals surface area contributed by atoms with Crippen molar-refractivity contribution >= 4 is 50.4 Å². The highest BCUT2D eigenvalue weighted by molar-refractivity contribution is 9.10. The van der Waals surface area contributed by atoms with Crippen molar-refractivity contribution in [3.8, 4) is 0 Å². The molecule has 3 rings (SSSR count). The van der Waals surface area contributed by atoms with Crippen molar-refractivity contribution in [1.82, 2.24) is 5.43 Å². The third kappa shape index (κ3) is 3.06. The molecule has 1 aromatic carbocycles. The van der Waals surface area contributed by atoms with Crippen LogP contribution in [0.25, 0.3) is 11.0 Å². The van der Waals surface area contributed by atoms with Crippen LogP contribution in [0.3, 0.4) is 0 Å². The summed E-state index contributed by atoms with van der Waals surface area (Å²) in [4.78, 5) is 13.0. The fourth-order valence-electron chi connectivity index (χ4n) is 1.85. The van der Waals surface area contributed by atoms with Gasteiger partial charge in [0.15, 0.2) is 5.76 Å². The summed E-state index contributed by atoms with van der Waals surface area (Å²) in [6, 6.07) is 9.28. The summed E-state index contributed by atoms with van der Waals surface area (Å²) in [5.74, 6) is -0.129. The minimum atomic E-state index is -0.368. The van der Waals surface area contributed by atoms with E-state index < -0.39 is 0 Å². The highest BCUT2D eigenvalue weighted by Gasteiger charge is 2.11. The Bertz CT molecular complexity index is 835. The van der Waals surface area contributed by atoms with Gasteiger partial charge in [-0.15, -0.1) is 11.3 Å². The Morgan fingerprint density at radius 2 is 2.24 bits per heavy atom. The SMILES string of the molecule is Cc1ccsc1/C=N/NC(=O)c1cc2cc(Br)ccc2o1. The van der Waals surface area contributed by atoms with Crippen LogP contribution in [0.1, 0.15) is 21.0 Å². The molecule has 0 unspecified atom stereocenters. The first-order valence-electron chi connectivity index (χ1n) is 6.20. The molecule has 6 heteroatoms. The Balaban J connectivity index is 1.75. The number of hydrogen-bond donors (Lipinski definition) is 1. The number of nitrogens with one attached hydrogen (secondary N) is 1. The molecule has 0 saturated heterocycles. The molecule has 21 heavy (non-hydrogen) atoms. The average molecular weight is 363 g/mol. The highest BCUT2D eigenvalue weighted by Crippen LogP contribution is 2.23. The van der Waals surface area contributed by atoms with Gasteiger partial charge in [0, 0.05) is 14.7 Å². The van der Waals surface area contributed by atoms with Crippen molar-refractivity contribution < 1.29 is 9.21 Å². The van der Waals surface area contributed by atoms with E-state index in [1.54, 1.807) is 23.6 Å². The third-order valence-corrected chi connectivity index (χ3v) is 4.40. The Kier molecular flexibility index (Phi) is 3.90. The minimum Gasteiger partial charge on any atom is -0.451 e. The molecular weight excluding hydrogens is 352 g/mol. The van der Waals surface area contributed by atoms with Gasteiger partial charge in [0.1, 0.15) is 5.58 Å². The second-order valence-electron chi connectivity index (χ2n) is 4.46. The lowest BCUT2D eigenvalue weighted by molar-refractivity contribution is 0.0929. The summed E-state index contributed by atoms with van der Waals surface area (Å²) in [6.45, 7) is 2.00. The van der Waals surface area contributed by atoms with Crippen LogP contribution in [0.4, 0.5) is 0 Å². The van der Waals surface area contributed by atoms with Crippen molar-refractivity contribution in [3.63, 3.8) is 0 Å². The smallest absolute Gasteiger partial charge is 0.307 e. The number of thiophene rings is 1. The number of nitrogens with zero attached hydrogens (tertiary/aromatic N) is 1. The maximum Gasteiger partial charge on any atom is 0.307 e. The van der Waals surface area contributed by atoms with Gasteiger partial charge in [-0.1, -0.05) is 15.9 Å². The number of hydrogen-bond acceptors (Lipinski definition) is 4. The lowest BCUT2D eigenvalue weighted by Crippen LogP contribution is -2.16. The molecule has 2 heterocycles. The maximum atomic E-state index is 12.0. The van der Waals surface area contributed by atoms with Crippen LogP contribution < -0.4 is 5.43 Å². The molecule has 0 saturated carbocycles. The van der Waals surface area contributed by atoms with E-state index in [0.29, 0.717) is 5.58 Å². The number of carbonyl (C=O) groups excluding carboxylic acids is 1. The summed E-state index contributed by atoms with van der Waals surface area (Å²) in [6.07, 6.45) is 1.64. The van der Waals surface area contributed by atoms with E-state index in [1.165, 1.54) is 0 Å². The zero-order valence-electron chi connectivity index (χ0n) is 11.1. The second-order valence-corrected chi connectivity index (χ2v) is 6.32. The predicted octanol–water partition coefficient (Wildman–Crippen LogP) is 4.33. The van der Waals surface area contributed by atoms with Gasteiger partial charge >= 0.3 is 5.91 Å². The number of carbonyl (C=O) groups is 1. The molecule has 3 aromatic rings. The predicted molar refractivity (Wildman–Crippen MR) is 88.0 cm³/mol. The first-order valence-corrected chi connectivity index (χ1v) is 7.87. The summed E-state index contributed by atoms with van der Waals surface area (Å²) < 4.78 is 6.43. The minimum absolute atomic E-state index is 0.239. The largest absolute Gasteiger partial charge is 0.451 e. The van der Waals surface area contributed by atoms with Crippen LogP contribution in [0.2, 0.25) is 0 Å². The zero-order chi connectivity index (χ0) is 14.8. The third-order valence-electron chi connectivity index (χ3n) is 2.95. The van der Waals surface area contributed by atoms with Crippen molar-refractivity contribution in [2.75, 3.05) is 0 Å². The summed E-state index contributed by atoms with van der Waals surface area (Å²) >= 11 is 4.96. The molecule has 2 aromatic heterocycles. The Morgan fingerprint density at radius 3 is 3.00 bits per heavy atom. The van der Waals surface area contributed by atoms with Crippen molar-refractivity contribution in [2.45, 2.75) is 6.92 Å². The van der Waals surface area contributed by atoms with Gasteiger partial charge in [0.25, 0.3) is 0 Å². The Labute approximate surface area is 133 Å². The number of fused-ring (bicyclic) bond motifs is 1. The first kappa shape index (κ1) is 14.0. The van der Waals surface area contributed by atoms with E-state index >= 15 is 0 Å². The lowest BCUT2D eigenvalue weighted by atomic mass is 10.2. The molecule has 106 valence electrons. The topological polar surface area (TPSA) is 54.6 Å². The number of furan rings is 1. The van der Waals surface area contributed by atoms with E-state index in [9.17, 15) is 4.79 Å². The highest BCUT2D eigenvalue weighted by atomic mass is 79.9. The first-order chi connectivity index (χ1) is 10.1. The molecule has 0 aliphatic carbocycles. The molecule has 0 bridgehead atoms. The Morgan fingerprint density at radius 1 is 1.38 bits per heavy atom. The van der Waals surface area contributed by atoms with Gasteiger partial charge in [0.2, 0.25) is 0 Å². The van der Waals surface area contributed by atoms with Gasteiger partial charge in [-0.3, -0.25) is 4.79 Å². The number of benzene rings is 1. The van der Waals surface area contributed by atoms with Gasteiger partial charge in [-0.25, -0.2) is 5.43 Å². The van der Waals surface area contributed by atoms with E-state index in [4.69, 9.17) is 4.42 Å². The fraction of sp³-hybridized carbons (Fsp3) is 0.0667. The van der Waals surface area contributed by atoms with Crippen LogP contribution in [-0.4, -0.2) is 12.1 Å². The maximum absolute atomic E-state index is 12.0. The van der Waals surface area contributed by atoms with Gasteiger partial charge in [-0.2, -0.15) is 5.10 Å². The summed E-state index contributed by atoms with van der Waals surface area (Å²) in [5.41, 5.74) is 4.27. The molecule has 1 N–H and O–H groups in total. The lowest BCUT2D eigenvalue weighted by Gasteiger charge is -1.94. The quantitative estimate of drug-likeness (QED) is 0.556. The molecule has 0 aliphatic heterocycles. The molecular formula is C15H11BrN2O2S. The Hall–Kier alpha value is -1.92. The second kappa shape index (κ2) is 5.83. The molecule has 0 atom stereocenters. The van der Waals surface area contributed by atoms with Crippen molar-refractivity contribution in [1.29, 1.82) is 0 Å². The van der Waals surface area contributed by atoms with Crippen LogP contribution >= 0.6 is 27.3 Å². The summed E-state index contributed by atoms with van der Waals surface area (Å²) in [7, 11) is 0. The van der Waals surface area contributed by atoms with E-state index in [0.717, 1.165) is 20.3 Å². The average Bonchev–Trinajstić information content (AvgIpc) is 3.05. The van der Waals surface area contributed by atoms with Crippen molar-refractivity contribution in [2.24, 2.45) is 5.10 Å². The zero-order valence-corrected chi connectivity index (χ0v) is 13.5. The molecule has 0 spiro atoms. The number of hydrazone groups is 1.